The number of fused-ring (bicyclic) bond motifs is 4. The highest BCUT2D eigenvalue weighted by Gasteiger charge is 2.38. The van der Waals surface area contributed by atoms with Gasteiger partial charge < -0.3 is 20.4 Å². The molecular formula is C30H36FN7O2. The molecule has 40 heavy (non-hydrogen) atoms. The van der Waals surface area contributed by atoms with Gasteiger partial charge in [-0.2, -0.15) is 0 Å². The van der Waals surface area contributed by atoms with Crippen LogP contribution in [0.15, 0.2) is 60.9 Å². The van der Waals surface area contributed by atoms with E-state index in [1.807, 2.05) is 29.2 Å². The fraction of sp³-hybridized carbons (Fsp3) is 0.467. The van der Waals surface area contributed by atoms with Crippen LogP contribution in [0, 0.1) is 5.82 Å². The highest BCUT2D eigenvalue weighted by atomic mass is 19.1. The number of amides is 2. The van der Waals surface area contributed by atoms with E-state index in [0.717, 1.165) is 63.1 Å². The number of carbonyl (C=O) groups is 2. The predicted molar refractivity (Wildman–Crippen MR) is 149 cm³/mol. The van der Waals surface area contributed by atoms with Crippen LogP contribution in [0.2, 0.25) is 0 Å². The molecule has 1 saturated carbocycles. The van der Waals surface area contributed by atoms with Crippen molar-refractivity contribution in [3.8, 4) is 5.69 Å². The highest BCUT2D eigenvalue weighted by Crippen LogP contribution is 2.40. The Morgan fingerprint density at radius 1 is 1.00 bits per heavy atom. The Morgan fingerprint density at radius 3 is 2.50 bits per heavy atom. The molecule has 3 atom stereocenters. The number of aromatic nitrogens is 3. The van der Waals surface area contributed by atoms with Crippen LogP contribution in [0.1, 0.15) is 53.9 Å². The van der Waals surface area contributed by atoms with E-state index in [2.05, 4.69) is 25.8 Å². The van der Waals surface area contributed by atoms with Crippen molar-refractivity contribution in [1.82, 2.24) is 35.4 Å². The van der Waals surface area contributed by atoms with Gasteiger partial charge in [0.15, 0.2) is 0 Å². The van der Waals surface area contributed by atoms with Gasteiger partial charge in [-0.1, -0.05) is 17.3 Å². The van der Waals surface area contributed by atoms with Gasteiger partial charge in [-0.3, -0.25) is 9.59 Å². The van der Waals surface area contributed by atoms with Crippen LogP contribution >= 0.6 is 0 Å². The van der Waals surface area contributed by atoms with Crippen LogP contribution in [0.25, 0.3) is 5.69 Å². The van der Waals surface area contributed by atoms with Gasteiger partial charge in [-0.05, 0) is 80.6 Å². The molecule has 0 spiro atoms. The van der Waals surface area contributed by atoms with E-state index >= 15 is 0 Å². The molecule has 10 heteroatoms. The Morgan fingerprint density at radius 2 is 1.77 bits per heavy atom. The summed E-state index contributed by atoms with van der Waals surface area (Å²) in [7, 11) is 0. The fourth-order valence-corrected chi connectivity index (χ4v) is 6.08. The normalized spacial score (nSPS) is 24.4. The summed E-state index contributed by atoms with van der Waals surface area (Å²) in [5.74, 6) is -0.0389. The lowest BCUT2D eigenvalue weighted by Crippen LogP contribution is -2.52. The van der Waals surface area contributed by atoms with Crippen molar-refractivity contribution in [2.45, 2.75) is 56.1 Å². The third-order valence-electron chi connectivity index (χ3n) is 8.52. The Bertz CT molecular complexity index is 1290. The molecule has 210 valence electrons. The number of piperidine rings is 1. The van der Waals surface area contributed by atoms with Crippen LogP contribution in [-0.2, 0) is 4.79 Å². The van der Waals surface area contributed by atoms with E-state index in [1.54, 1.807) is 29.2 Å². The van der Waals surface area contributed by atoms with Crippen molar-refractivity contribution in [2.75, 3.05) is 32.7 Å². The van der Waals surface area contributed by atoms with E-state index in [4.69, 9.17) is 0 Å². The molecule has 4 fully saturated rings. The number of benzene rings is 2. The maximum Gasteiger partial charge on any atom is 0.251 e. The minimum absolute atomic E-state index is 0.0250. The van der Waals surface area contributed by atoms with Crippen LogP contribution in [0.4, 0.5) is 4.39 Å². The molecule has 9 nitrogen and oxygen atoms in total. The lowest BCUT2D eigenvalue weighted by Gasteiger charge is -2.34. The van der Waals surface area contributed by atoms with Crippen molar-refractivity contribution in [3.05, 3.63) is 77.9 Å². The molecule has 4 aliphatic rings. The van der Waals surface area contributed by atoms with Crippen molar-refractivity contribution >= 4 is 11.8 Å². The zero-order chi connectivity index (χ0) is 27.5. The number of halogens is 1. The van der Waals surface area contributed by atoms with Crippen molar-refractivity contribution in [1.29, 1.82) is 0 Å². The summed E-state index contributed by atoms with van der Waals surface area (Å²) in [6.07, 6.45) is 7.68. The first-order valence-corrected chi connectivity index (χ1v) is 14.3. The molecule has 1 aliphatic carbocycles. The van der Waals surface area contributed by atoms with Gasteiger partial charge in [-0.25, -0.2) is 9.07 Å². The SMILES string of the molecule is O=C(N[C@@H](CCCN[C@@H]1C[C@H]1c1ccc(F)cc1)C(=O)N1CCN2CCC1CC2)c1ccc(-n2ccnn2)cc1. The van der Waals surface area contributed by atoms with Crippen LogP contribution < -0.4 is 10.6 Å². The second-order valence-electron chi connectivity index (χ2n) is 11.1. The quantitative estimate of drug-likeness (QED) is 0.381. The first kappa shape index (κ1) is 26.6. The van der Waals surface area contributed by atoms with Gasteiger partial charge in [0.2, 0.25) is 5.91 Å². The van der Waals surface area contributed by atoms with Gasteiger partial charge in [0.05, 0.1) is 18.1 Å². The minimum Gasteiger partial charge on any atom is -0.340 e. The van der Waals surface area contributed by atoms with Crippen molar-refractivity contribution in [3.63, 3.8) is 0 Å². The molecule has 3 saturated heterocycles. The molecule has 7 rings (SSSR count). The topological polar surface area (TPSA) is 95.4 Å². The summed E-state index contributed by atoms with van der Waals surface area (Å²) >= 11 is 0. The predicted octanol–water partition coefficient (Wildman–Crippen LogP) is 2.74. The fourth-order valence-electron chi connectivity index (χ4n) is 6.08. The number of hydrogen-bond donors (Lipinski definition) is 2. The Hall–Kier alpha value is -3.63. The molecule has 0 unspecified atom stereocenters. The molecule has 0 radical (unpaired) electrons. The zero-order valence-electron chi connectivity index (χ0n) is 22.6. The number of hydrogen-bond acceptors (Lipinski definition) is 6. The standard InChI is InChI=1S/C30H36FN7O2/c31-23-7-3-21(4-8-23)26-20-28(26)32-13-1-2-27(30(40)37-19-18-36-15-11-24(37)12-16-36)34-29(39)22-5-9-25(10-6-22)38-17-14-33-35-38/h3-10,14,17,24,26-28,32H,1-2,11-13,15-16,18-20H2,(H,34,39)/t26-,27-,28+/m0/s1. The molecule has 2 amide bonds. The molecule has 4 heterocycles. The second kappa shape index (κ2) is 11.9. The van der Waals surface area contributed by atoms with E-state index in [-0.39, 0.29) is 23.7 Å². The first-order chi connectivity index (χ1) is 19.5. The number of rotatable bonds is 10. The Kier molecular flexibility index (Phi) is 7.88. The minimum atomic E-state index is -0.580. The third kappa shape index (κ3) is 6.08. The van der Waals surface area contributed by atoms with E-state index < -0.39 is 6.04 Å². The van der Waals surface area contributed by atoms with Gasteiger partial charge >= 0.3 is 0 Å². The summed E-state index contributed by atoms with van der Waals surface area (Å²) in [5.41, 5.74) is 2.46. The average molecular weight is 546 g/mol. The summed E-state index contributed by atoms with van der Waals surface area (Å²) in [4.78, 5) is 31.6. The van der Waals surface area contributed by atoms with Crippen LogP contribution in [-0.4, -0.2) is 87.5 Å². The molecule has 3 aromatic rings. The average Bonchev–Trinajstić information content (AvgIpc) is 3.66. The third-order valence-corrected chi connectivity index (χ3v) is 8.52. The summed E-state index contributed by atoms with van der Waals surface area (Å²) in [6.45, 7) is 4.42. The molecule has 3 aliphatic heterocycles. The van der Waals surface area contributed by atoms with Crippen molar-refractivity contribution in [2.24, 2.45) is 0 Å². The summed E-state index contributed by atoms with van der Waals surface area (Å²) in [5, 5.41) is 14.5. The van der Waals surface area contributed by atoms with Gasteiger partial charge in [0, 0.05) is 49.7 Å². The number of nitrogens with zero attached hydrogens (tertiary/aromatic N) is 5. The van der Waals surface area contributed by atoms with E-state index in [0.29, 0.717) is 30.5 Å². The zero-order valence-corrected chi connectivity index (χ0v) is 22.6. The maximum atomic E-state index is 13.8. The largest absolute Gasteiger partial charge is 0.340 e. The Balaban J connectivity index is 1.08. The monoisotopic (exact) mass is 545 g/mol. The molecular weight excluding hydrogens is 509 g/mol. The van der Waals surface area contributed by atoms with Crippen molar-refractivity contribution < 1.29 is 14.0 Å². The molecule has 2 aromatic carbocycles. The van der Waals surface area contributed by atoms with E-state index in [1.165, 1.54) is 12.1 Å². The molecule has 2 bridgehead atoms. The van der Waals surface area contributed by atoms with E-state index in [9.17, 15) is 14.0 Å². The molecule has 1 aromatic heterocycles. The molecule has 2 N–H and O–H groups in total. The summed E-state index contributed by atoms with van der Waals surface area (Å²) in [6, 6.07) is 13.9. The Labute approximate surface area is 233 Å². The lowest BCUT2D eigenvalue weighted by atomic mass is 10.0. The van der Waals surface area contributed by atoms with Gasteiger partial charge in [-0.15, -0.1) is 5.10 Å². The van der Waals surface area contributed by atoms with Crippen LogP contribution in [0.3, 0.4) is 0 Å². The lowest BCUT2D eigenvalue weighted by molar-refractivity contribution is -0.135. The van der Waals surface area contributed by atoms with Crippen LogP contribution in [0.5, 0.6) is 0 Å². The number of nitrogens with one attached hydrogen (secondary N) is 2. The number of carbonyl (C=O) groups excluding carboxylic acids is 2. The first-order valence-electron chi connectivity index (χ1n) is 14.3. The second-order valence-corrected chi connectivity index (χ2v) is 11.1. The smallest absolute Gasteiger partial charge is 0.251 e. The summed E-state index contributed by atoms with van der Waals surface area (Å²) < 4.78 is 14.9. The highest BCUT2D eigenvalue weighted by molar-refractivity contribution is 5.97. The maximum absolute atomic E-state index is 13.8. The van der Waals surface area contributed by atoms with Gasteiger partial charge in [0.1, 0.15) is 11.9 Å². The van der Waals surface area contributed by atoms with Gasteiger partial charge in [0.25, 0.3) is 5.91 Å².